The lowest BCUT2D eigenvalue weighted by Gasteiger charge is -2.39. The Morgan fingerprint density at radius 3 is 2.41 bits per heavy atom. The zero-order valence-electron chi connectivity index (χ0n) is 12.0. The summed E-state index contributed by atoms with van der Waals surface area (Å²) in [5, 5.41) is 0. The number of aryl methyl sites for hydroxylation is 1. The fourth-order valence-corrected chi connectivity index (χ4v) is 3.12. The monoisotopic (exact) mass is 228 g/mol. The van der Waals surface area contributed by atoms with Gasteiger partial charge in [-0.1, -0.05) is 51.5 Å². The summed E-state index contributed by atoms with van der Waals surface area (Å²) in [5.74, 6) is 0.627. The summed E-state index contributed by atoms with van der Waals surface area (Å²) in [6, 6.07) is 4.63. The second-order valence-electron chi connectivity index (χ2n) is 6.01. The molecule has 0 saturated heterocycles. The van der Waals surface area contributed by atoms with Crippen molar-refractivity contribution < 1.29 is 0 Å². The molecule has 0 spiro atoms. The van der Waals surface area contributed by atoms with Gasteiger partial charge in [-0.15, -0.1) is 0 Å². The van der Waals surface area contributed by atoms with Crippen LogP contribution in [-0.2, 0) is 11.8 Å². The van der Waals surface area contributed by atoms with E-state index < -0.39 is 0 Å². The Labute approximate surface area is 106 Å². The molecule has 0 radical (unpaired) electrons. The van der Waals surface area contributed by atoms with Gasteiger partial charge in [-0.05, 0) is 53.9 Å². The molecule has 1 aromatic carbocycles. The molecule has 0 aromatic heterocycles. The Hall–Kier alpha value is -1.04. The van der Waals surface area contributed by atoms with E-state index in [1.807, 2.05) is 0 Å². The van der Waals surface area contributed by atoms with Gasteiger partial charge in [-0.2, -0.15) is 0 Å². The van der Waals surface area contributed by atoms with Crippen molar-refractivity contribution in [2.24, 2.45) is 5.92 Å². The number of hydrogen-bond donors (Lipinski definition) is 0. The van der Waals surface area contributed by atoms with Crippen LogP contribution in [-0.4, -0.2) is 0 Å². The summed E-state index contributed by atoms with van der Waals surface area (Å²) < 4.78 is 0. The van der Waals surface area contributed by atoms with Crippen molar-refractivity contribution in [3.05, 3.63) is 40.0 Å². The van der Waals surface area contributed by atoms with Crippen molar-refractivity contribution in [3.63, 3.8) is 0 Å². The van der Waals surface area contributed by atoms with Crippen molar-refractivity contribution in [2.45, 2.75) is 53.4 Å². The molecule has 0 heteroatoms. The van der Waals surface area contributed by atoms with E-state index >= 15 is 0 Å². The Morgan fingerprint density at radius 2 is 1.82 bits per heavy atom. The van der Waals surface area contributed by atoms with Crippen LogP contribution in [0.15, 0.2) is 17.7 Å². The molecule has 92 valence electrons. The molecular weight excluding hydrogens is 204 g/mol. The smallest absolute Gasteiger partial charge is 0.00348 e. The van der Waals surface area contributed by atoms with Crippen LogP contribution >= 0.6 is 0 Å². The quantitative estimate of drug-likeness (QED) is 0.642. The number of benzene rings is 1. The molecule has 1 aromatic rings. The first kappa shape index (κ1) is 12.4. The number of hydrogen-bond acceptors (Lipinski definition) is 0. The predicted molar refractivity (Wildman–Crippen MR) is 76.4 cm³/mol. The number of rotatable bonds is 1. The Bertz CT molecular complexity index is 475. The zero-order chi connectivity index (χ0) is 12.8. The fourth-order valence-electron chi connectivity index (χ4n) is 3.12. The molecule has 1 aliphatic carbocycles. The van der Waals surface area contributed by atoms with Gasteiger partial charge < -0.3 is 0 Å². The van der Waals surface area contributed by atoms with Crippen LogP contribution < -0.4 is 0 Å². The van der Waals surface area contributed by atoms with Gasteiger partial charge in [0.25, 0.3) is 0 Å². The van der Waals surface area contributed by atoms with Crippen molar-refractivity contribution in [1.29, 1.82) is 0 Å². The first-order valence-corrected chi connectivity index (χ1v) is 6.70. The van der Waals surface area contributed by atoms with Crippen LogP contribution in [0.25, 0.3) is 6.08 Å². The van der Waals surface area contributed by atoms with Crippen molar-refractivity contribution in [1.82, 2.24) is 0 Å². The Morgan fingerprint density at radius 1 is 1.18 bits per heavy atom. The Balaban J connectivity index is 2.75. The maximum absolute atomic E-state index is 2.41. The minimum atomic E-state index is 0.256. The molecule has 17 heavy (non-hydrogen) atoms. The summed E-state index contributed by atoms with van der Waals surface area (Å²) >= 11 is 0. The molecule has 0 N–H and O–H groups in total. The Kier molecular flexibility index (Phi) is 2.93. The third-order valence-corrected chi connectivity index (χ3v) is 4.78. The largest absolute Gasteiger partial charge is 0.0690 e. The van der Waals surface area contributed by atoms with Crippen LogP contribution in [0, 0.1) is 12.8 Å². The van der Waals surface area contributed by atoms with Crippen LogP contribution in [0.4, 0.5) is 0 Å². The van der Waals surface area contributed by atoms with Gasteiger partial charge in [0.15, 0.2) is 0 Å². The van der Waals surface area contributed by atoms with Crippen molar-refractivity contribution >= 4 is 6.08 Å². The molecule has 0 aliphatic heterocycles. The highest BCUT2D eigenvalue weighted by molar-refractivity contribution is 5.67. The number of allylic oxidation sites excluding steroid dienone is 1. The topological polar surface area (TPSA) is 0 Å². The average molecular weight is 228 g/mol. The maximum atomic E-state index is 2.41. The molecule has 1 aliphatic rings. The van der Waals surface area contributed by atoms with Gasteiger partial charge in [0, 0.05) is 0 Å². The van der Waals surface area contributed by atoms with Gasteiger partial charge in [0.2, 0.25) is 0 Å². The SMILES string of the molecule is CCc1c(C)ccc2c1C=C(C)C(C)C2(C)C. The average Bonchev–Trinajstić information content (AvgIpc) is 2.26. The molecule has 0 bridgehead atoms. The fraction of sp³-hybridized carbons (Fsp3) is 0.529. The lowest BCUT2D eigenvalue weighted by atomic mass is 9.65. The second-order valence-corrected chi connectivity index (χ2v) is 6.01. The molecule has 0 fully saturated rings. The third kappa shape index (κ3) is 1.74. The minimum absolute atomic E-state index is 0.256. The van der Waals surface area contributed by atoms with Crippen molar-refractivity contribution in [3.8, 4) is 0 Å². The first-order valence-electron chi connectivity index (χ1n) is 6.70. The van der Waals surface area contributed by atoms with Crippen molar-refractivity contribution in [2.75, 3.05) is 0 Å². The predicted octanol–water partition coefficient (Wildman–Crippen LogP) is 4.89. The summed E-state index contributed by atoms with van der Waals surface area (Å²) in [4.78, 5) is 0. The normalized spacial score (nSPS) is 22.0. The van der Waals surface area contributed by atoms with Crippen LogP contribution in [0.5, 0.6) is 0 Å². The highest BCUT2D eigenvalue weighted by atomic mass is 14.4. The van der Waals surface area contributed by atoms with Gasteiger partial charge in [0.1, 0.15) is 0 Å². The summed E-state index contributed by atoms with van der Waals surface area (Å²) in [5.41, 5.74) is 7.75. The molecule has 0 saturated carbocycles. The highest BCUT2D eigenvalue weighted by Crippen LogP contribution is 2.44. The van der Waals surface area contributed by atoms with E-state index in [1.54, 1.807) is 0 Å². The third-order valence-electron chi connectivity index (χ3n) is 4.78. The maximum Gasteiger partial charge on any atom is -0.00348 e. The highest BCUT2D eigenvalue weighted by Gasteiger charge is 2.34. The van der Waals surface area contributed by atoms with Gasteiger partial charge >= 0.3 is 0 Å². The van der Waals surface area contributed by atoms with E-state index in [2.05, 4.69) is 59.8 Å². The second kappa shape index (κ2) is 4.01. The van der Waals surface area contributed by atoms with E-state index in [0.717, 1.165) is 6.42 Å². The van der Waals surface area contributed by atoms with Crippen LogP contribution in [0.3, 0.4) is 0 Å². The van der Waals surface area contributed by atoms with E-state index in [1.165, 1.54) is 27.8 Å². The minimum Gasteiger partial charge on any atom is -0.0690 e. The van der Waals surface area contributed by atoms with E-state index in [-0.39, 0.29) is 5.41 Å². The van der Waals surface area contributed by atoms with Gasteiger partial charge in [0.05, 0.1) is 0 Å². The molecule has 1 unspecified atom stereocenters. The lowest BCUT2D eigenvalue weighted by Crippen LogP contribution is -2.31. The lowest BCUT2D eigenvalue weighted by molar-refractivity contribution is 0.386. The molecule has 0 nitrogen and oxygen atoms in total. The van der Waals surface area contributed by atoms with E-state index in [0.29, 0.717) is 5.92 Å². The van der Waals surface area contributed by atoms with Crippen LogP contribution in [0.1, 0.15) is 56.9 Å². The molecule has 1 atom stereocenters. The summed E-state index contributed by atoms with van der Waals surface area (Å²) in [6.45, 7) is 13.9. The molecule has 0 heterocycles. The molecular formula is C17H24. The van der Waals surface area contributed by atoms with E-state index in [4.69, 9.17) is 0 Å². The number of fused-ring (bicyclic) bond motifs is 1. The zero-order valence-corrected chi connectivity index (χ0v) is 12.0. The molecule has 2 rings (SSSR count). The first-order chi connectivity index (χ1) is 7.89. The molecule has 0 amide bonds. The van der Waals surface area contributed by atoms with Gasteiger partial charge in [-0.3, -0.25) is 0 Å². The summed E-state index contributed by atoms with van der Waals surface area (Å²) in [6.07, 6.45) is 3.54. The summed E-state index contributed by atoms with van der Waals surface area (Å²) in [7, 11) is 0. The standard InChI is InChI=1S/C17H24/c1-7-14-11(2)8-9-16-15(14)10-12(3)13(4)17(16,5)6/h8-10,13H,7H2,1-6H3. The van der Waals surface area contributed by atoms with E-state index in [9.17, 15) is 0 Å². The van der Waals surface area contributed by atoms with Gasteiger partial charge in [-0.25, -0.2) is 0 Å². The van der Waals surface area contributed by atoms with Crippen LogP contribution in [0.2, 0.25) is 0 Å².